The fraction of sp³-hybridized carbons (Fsp3) is 0.231. The van der Waals surface area contributed by atoms with Crippen LogP contribution in [0.1, 0.15) is 18.4 Å². The third-order valence-electron chi connectivity index (χ3n) is 2.65. The van der Waals surface area contributed by atoms with E-state index in [4.69, 9.17) is 4.42 Å². The second-order valence-corrected chi connectivity index (χ2v) is 3.78. The Balaban J connectivity index is 2.48. The van der Waals surface area contributed by atoms with Crippen LogP contribution in [0.25, 0.3) is 11.0 Å². The molecule has 0 amide bonds. The molecule has 88 valence electrons. The highest BCUT2D eigenvalue weighted by atomic mass is 16.5. The van der Waals surface area contributed by atoms with E-state index < -0.39 is 11.9 Å². The van der Waals surface area contributed by atoms with Crippen LogP contribution in [0.15, 0.2) is 34.9 Å². The lowest BCUT2D eigenvalue weighted by atomic mass is 9.95. The summed E-state index contributed by atoms with van der Waals surface area (Å²) >= 11 is 0. The van der Waals surface area contributed by atoms with Crippen LogP contribution in [0.3, 0.4) is 0 Å². The zero-order valence-electron chi connectivity index (χ0n) is 9.60. The summed E-state index contributed by atoms with van der Waals surface area (Å²) < 4.78 is 9.84. The molecule has 0 N–H and O–H groups in total. The molecule has 0 fully saturated rings. The zero-order chi connectivity index (χ0) is 12.4. The lowest BCUT2D eigenvalue weighted by Gasteiger charge is -2.11. The van der Waals surface area contributed by atoms with E-state index in [2.05, 4.69) is 4.74 Å². The number of Topliss-reactive ketones (excluding diaryl/α,β-unsaturated/α-hetero) is 1. The minimum absolute atomic E-state index is 0.236. The van der Waals surface area contributed by atoms with E-state index in [1.165, 1.54) is 14.0 Å². The summed E-state index contributed by atoms with van der Waals surface area (Å²) in [5.74, 6) is -1.64. The van der Waals surface area contributed by atoms with Gasteiger partial charge in [-0.05, 0) is 30.7 Å². The monoisotopic (exact) mass is 232 g/mol. The van der Waals surface area contributed by atoms with Crippen LogP contribution in [0.2, 0.25) is 0 Å². The van der Waals surface area contributed by atoms with Crippen molar-refractivity contribution in [2.24, 2.45) is 0 Å². The second kappa shape index (κ2) is 4.41. The van der Waals surface area contributed by atoms with Crippen molar-refractivity contribution in [1.82, 2.24) is 0 Å². The summed E-state index contributed by atoms with van der Waals surface area (Å²) in [5.41, 5.74) is 1.35. The van der Waals surface area contributed by atoms with Crippen LogP contribution in [0, 0.1) is 0 Å². The van der Waals surface area contributed by atoms with Gasteiger partial charge in [-0.1, -0.05) is 6.07 Å². The van der Waals surface area contributed by atoms with Crippen molar-refractivity contribution in [3.63, 3.8) is 0 Å². The summed E-state index contributed by atoms with van der Waals surface area (Å²) in [7, 11) is 1.27. The summed E-state index contributed by atoms with van der Waals surface area (Å²) in [6.07, 6.45) is 1.56. The largest absolute Gasteiger partial charge is 0.468 e. The molecule has 0 spiro atoms. The average molecular weight is 232 g/mol. The van der Waals surface area contributed by atoms with Crippen molar-refractivity contribution in [1.29, 1.82) is 0 Å². The Morgan fingerprint density at radius 3 is 2.71 bits per heavy atom. The summed E-state index contributed by atoms with van der Waals surface area (Å²) in [6, 6.07) is 6.99. The SMILES string of the molecule is COC(=O)C(C(C)=O)c1ccc2occc2c1. The maximum absolute atomic E-state index is 11.6. The van der Waals surface area contributed by atoms with Gasteiger partial charge < -0.3 is 9.15 Å². The van der Waals surface area contributed by atoms with E-state index >= 15 is 0 Å². The molecule has 1 aromatic carbocycles. The molecule has 0 saturated heterocycles. The molecular weight excluding hydrogens is 220 g/mol. The first-order chi connectivity index (χ1) is 8.13. The number of ether oxygens (including phenoxy) is 1. The molecule has 17 heavy (non-hydrogen) atoms. The molecule has 0 aliphatic heterocycles. The first-order valence-electron chi connectivity index (χ1n) is 5.19. The van der Waals surface area contributed by atoms with Crippen LogP contribution in [-0.4, -0.2) is 18.9 Å². The van der Waals surface area contributed by atoms with Gasteiger partial charge in [0.2, 0.25) is 0 Å². The van der Waals surface area contributed by atoms with E-state index in [-0.39, 0.29) is 5.78 Å². The number of fused-ring (bicyclic) bond motifs is 1. The normalized spacial score (nSPS) is 12.4. The zero-order valence-corrected chi connectivity index (χ0v) is 9.60. The third kappa shape index (κ3) is 2.06. The van der Waals surface area contributed by atoms with Gasteiger partial charge in [-0.3, -0.25) is 9.59 Å². The molecule has 1 atom stereocenters. The molecule has 4 heteroatoms. The van der Waals surface area contributed by atoms with E-state index in [1.807, 2.05) is 0 Å². The highest BCUT2D eigenvalue weighted by molar-refractivity contribution is 6.03. The van der Waals surface area contributed by atoms with Gasteiger partial charge in [0.1, 0.15) is 17.3 Å². The van der Waals surface area contributed by atoms with Crippen LogP contribution in [0.5, 0.6) is 0 Å². The maximum Gasteiger partial charge on any atom is 0.320 e. The van der Waals surface area contributed by atoms with E-state index in [1.54, 1.807) is 30.5 Å². The number of benzene rings is 1. The quantitative estimate of drug-likeness (QED) is 0.601. The van der Waals surface area contributed by atoms with Gasteiger partial charge in [0.05, 0.1) is 13.4 Å². The van der Waals surface area contributed by atoms with Gasteiger partial charge in [-0.25, -0.2) is 0 Å². The lowest BCUT2D eigenvalue weighted by Crippen LogP contribution is -2.21. The number of rotatable bonds is 3. The first kappa shape index (κ1) is 11.4. The number of carbonyl (C=O) groups excluding carboxylic acids is 2. The van der Waals surface area contributed by atoms with Gasteiger partial charge in [0, 0.05) is 5.39 Å². The Hall–Kier alpha value is -2.10. The number of esters is 1. The van der Waals surface area contributed by atoms with Gasteiger partial charge in [-0.15, -0.1) is 0 Å². The van der Waals surface area contributed by atoms with E-state index in [0.717, 1.165) is 11.0 Å². The molecule has 1 aromatic heterocycles. The summed E-state index contributed by atoms with van der Waals surface area (Å²) in [5, 5.41) is 0.859. The number of hydrogen-bond acceptors (Lipinski definition) is 4. The van der Waals surface area contributed by atoms with Crippen LogP contribution < -0.4 is 0 Å². The Labute approximate surface area is 98.2 Å². The number of furan rings is 1. The smallest absolute Gasteiger partial charge is 0.320 e. The standard InChI is InChI=1S/C13H12O4/c1-8(14)12(13(15)16-2)10-3-4-11-9(7-10)5-6-17-11/h3-7,12H,1-2H3. The molecule has 0 radical (unpaired) electrons. The Bertz CT molecular complexity index is 568. The highest BCUT2D eigenvalue weighted by Gasteiger charge is 2.26. The molecule has 0 bridgehead atoms. The summed E-state index contributed by atoms with van der Waals surface area (Å²) in [4.78, 5) is 23.1. The Kier molecular flexibility index (Phi) is 2.95. The van der Waals surface area contributed by atoms with Gasteiger partial charge >= 0.3 is 5.97 Å². The molecule has 2 aromatic rings. The Morgan fingerprint density at radius 1 is 1.29 bits per heavy atom. The predicted octanol–water partition coefficient (Wildman–Crippen LogP) is 2.28. The fourth-order valence-electron chi connectivity index (χ4n) is 1.82. The average Bonchev–Trinajstić information content (AvgIpc) is 2.75. The van der Waals surface area contributed by atoms with E-state index in [9.17, 15) is 9.59 Å². The maximum atomic E-state index is 11.6. The lowest BCUT2D eigenvalue weighted by molar-refractivity contribution is -0.145. The molecule has 4 nitrogen and oxygen atoms in total. The van der Waals surface area contributed by atoms with Crippen molar-refractivity contribution in [2.75, 3.05) is 7.11 Å². The molecule has 1 heterocycles. The first-order valence-corrected chi connectivity index (χ1v) is 5.19. The Morgan fingerprint density at radius 2 is 2.06 bits per heavy atom. The van der Waals surface area contributed by atoms with Gasteiger partial charge in [-0.2, -0.15) is 0 Å². The van der Waals surface area contributed by atoms with Crippen LogP contribution in [-0.2, 0) is 14.3 Å². The van der Waals surface area contributed by atoms with Gasteiger partial charge in [0.25, 0.3) is 0 Å². The molecule has 1 unspecified atom stereocenters. The van der Waals surface area contributed by atoms with Crippen molar-refractivity contribution in [2.45, 2.75) is 12.8 Å². The number of methoxy groups -OCH3 is 1. The van der Waals surface area contributed by atoms with Crippen molar-refractivity contribution < 1.29 is 18.7 Å². The minimum atomic E-state index is -0.862. The third-order valence-corrected chi connectivity index (χ3v) is 2.65. The molecular formula is C13H12O4. The highest BCUT2D eigenvalue weighted by Crippen LogP contribution is 2.24. The number of hydrogen-bond donors (Lipinski definition) is 0. The van der Waals surface area contributed by atoms with Crippen molar-refractivity contribution >= 4 is 22.7 Å². The number of ketones is 1. The van der Waals surface area contributed by atoms with Crippen LogP contribution >= 0.6 is 0 Å². The van der Waals surface area contributed by atoms with E-state index in [0.29, 0.717) is 5.56 Å². The topological polar surface area (TPSA) is 56.5 Å². The predicted molar refractivity (Wildman–Crippen MR) is 61.7 cm³/mol. The molecule has 0 aliphatic carbocycles. The van der Waals surface area contributed by atoms with Crippen LogP contribution in [0.4, 0.5) is 0 Å². The minimum Gasteiger partial charge on any atom is -0.468 e. The molecule has 2 rings (SSSR count). The van der Waals surface area contributed by atoms with Crippen molar-refractivity contribution in [3.8, 4) is 0 Å². The molecule has 0 saturated carbocycles. The summed E-state index contributed by atoms with van der Waals surface area (Å²) in [6.45, 7) is 1.38. The van der Waals surface area contributed by atoms with Crippen molar-refractivity contribution in [3.05, 3.63) is 36.1 Å². The fourth-order valence-corrected chi connectivity index (χ4v) is 1.82. The molecule has 0 aliphatic rings. The van der Waals surface area contributed by atoms with Gasteiger partial charge in [0.15, 0.2) is 0 Å². The second-order valence-electron chi connectivity index (χ2n) is 3.78. The number of carbonyl (C=O) groups is 2.